The first kappa shape index (κ1) is 18.7. The Morgan fingerprint density at radius 2 is 2.14 bits per heavy atom. The van der Waals surface area contributed by atoms with Crippen LogP contribution in [0.4, 0.5) is 11.6 Å². The third-order valence-corrected chi connectivity index (χ3v) is 5.16. The highest BCUT2D eigenvalue weighted by Gasteiger charge is 2.26. The number of imidazole rings is 1. The Morgan fingerprint density at radius 1 is 1.34 bits per heavy atom. The van der Waals surface area contributed by atoms with Gasteiger partial charge in [-0.3, -0.25) is 9.69 Å². The molecule has 9 heteroatoms. The molecular formula is C20H24N7O2+. The highest BCUT2D eigenvalue weighted by molar-refractivity contribution is 5.84. The molecule has 9 nitrogen and oxygen atoms in total. The van der Waals surface area contributed by atoms with Crippen LogP contribution in [0.1, 0.15) is 18.4 Å². The van der Waals surface area contributed by atoms with E-state index in [1.165, 1.54) is 4.90 Å². The summed E-state index contributed by atoms with van der Waals surface area (Å²) in [6.07, 6.45) is 0.740. The van der Waals surface area contributed by atoms with E-state index in [-0.39, 0.29) is 5.82 Å². The monoisotopic (exact) mass is 394 g/mol. The minimum absolute atomic E-state index is 0.204. The van der Waals surface area contributed by atoms with Crippen LogP contribution in [0.3, 0.4) is 0 Å². The first-order valence-electron chi connectivity index (χ1n) is 9.36. The number of nitrogens with two attached hydrogens (primary N) is 1. The molecule has 0 saturated carbocycles. The minimum atomic E-state index is 0.204. The van der Waals surface area contributed by atoms with Gasteiger partial charge in [0, 0.05) is 11.8 Å². The fraction of sp³-hybridized carbons (Fsp3) is 0.300. The third-order valence-electron chi connectivity index (χ3n) is 5.16. The number of aryl methyl sites for hydroxylation is 3. The van der Waals surface area contributed by atoms with Gasteiger partial charge in [0.15, 0.2) is 28.3 Å². The number of benzene rings is 1. The van der Waals surface area contributed by atoms with Crippen molar-refractivity contribution in [2.45, 2.75) is 26.9 Å². The summed E-state index contributed by atoms with van der Waals surface area (Å²) in [5, 5.41) is 0. The molecular weight excluding hydrogens is 370 g/mol. The highest BCUT2D eigenvalue weighted by atomic mass is 16.5. The van der Waals surface area contributed by atoms with Crippen molar-refractivity contribution in [3.05, 3.63) is 35.8 Å². The number of amides is 1. The maximum Gasteiger partial charge on any atom is 0.277 e. The Bertz CT molecular complexity index is 1220. The predicted octanol–water partition coefficient (Wildman–Crippen LogP) is 1.82. The van der Waals surface area contributed by atoms with Gasteiger partial charge in [-0.05, 0) is 32.0 Å². The van der Waals surface area contributed by atoms with Crippen molar-refractivity contribution in [3.63, 3.8) is 0 Å². The second-order valence-electron chi connectivity index (χ2n) is 6.93. The lowest BCUT2D eigenvalue weighted by Gasteiger charge is -2.16. The van der Waals surface area contributed by atoms with Gasteiger partial charge in [0.05, 0.1) is 20.7 Å². The van der Waals surface area contributed by atoms with Crippen LogP contribution in [-0.4, -0.2) is 33.0 Å². The summed E-state index contributed by atoms with van der Waals surface area (Å²) in [5.74, 6) is 2.27. The first-order valence-corrected chi connectivity index (χ1v) is 9.36. The number of aromatic amines is 1. The van der Waals surface area contributed by atoms with Crippen LogP contribution < -0.4 is 19.9 Å². The van der Waals surface area contributed by atoms with Crippen LogP contribution in [0.2, 0.25) is 0 Å². The molecule has 3 N–H and O–H groups in total. The van der Waals surface area contributed by atoms with Crippen LogP contribution in [-0.2, 0) is 24.9 Å². The van der Waals surface area contributed by atoms with E-state index in [2.05, 4.69) is 31.0 Å². The van der Waals surface area contributed by atoms with Crippen molar-refractivity contribution < 1.29 is 14.1 Å². The standard InChI is InChI=1S/C20H24N7O2/c1-5-27-16-9-13(29-4)6-7-15(16)25(3)17(27)10-26(11-28)20-18(21)24-19-14(23-20)8-12(2)22-19/h6-9,11H,5,10H2,1-4H3,(H3,21,22,24)/q+1. The topological polar surface area (TPSA) is 106 Å². The van der Waals surface area contributed by atoms with Gasteiger partial charge in [0.25, 0.3) is 5.82 Å². The number of hydrogen-bond donors (Lipinski definition) is 2. The molecule has 4 aromatic rings. The molecule has 0 unspecified atom stereocenters. The lowest BCUT2D eigenvalue weighted by atomic mass is 10.3. The summed E-state index contributed by atoms with van der Waals surface area (Å²) in [5.41, 5.74) is 10.4. The van der Waals surface area contributed by atoms with Gasteiger partial charge in [-0.15, -0.1) is 0 Å². The number of aromatic nitrogens is 5. The van der Waals surface area contributed by atoms with E-state index < -0.39 is 0 Å². The van der Waals surface area contributed by atoms with E-state index in [0.717, 1.165) is 41.3 Å². The molecule has 4 rings (SSSR count). The third kappa shape index (κ3) is 3.04. The van der Waals surface area contributed by atoms with Crippen molar-refractivity contribution in [3.8, 4) is 5.75 Å². The Kier molecular flexibility index (Phi) is 4.57. The lowest BCUT2D eigenvalue weighted by molar-refractivity contribution is -0.653. The minimum Gasteiger partial charge on any atom is -0.497 e. The number of carbonyl (C=O) groups excluding carboxylic acids is 1. The van der Waals surface area contributed by atoms with Crippen molar-refractivity contribution >= 4 is 40.2 Å². The molecule has 3 aromatic heterocycles. The first-order chi connectivity index (χ1) is 14.0. The maximum absolute atomic E-state index is 12.0. The van der Waals surface area contributed by atoms with Crippen molar-refractivity contribution in [1.29, 1.82) is 0 Å². The molecule has 0 saturated heterocycles. The van der Waals surface area contributed by atoms with Crippen LogP contribution >= 0.6 is 0 Å². The zero-order chi connectivity index (χ0) is 20.7. The van der Waals surface area contributed by atoms with Crippen LogP contribution in [0.25, 0.3) is 22.2 Å². The van der Waals surface area contributed by atoms with E-state index >= 15 is 0 Å². The fourth-order valence-electron chi connectivity index (χ4n) is 3.73. The molecule has 0 atom stereocenters. The highest BCUT2D eigenvalue weighted by Crippen LogP contribution is 2.25. The van der Waals surface area contributed by atoms with E-state index in [4.69, 9.17) is 10.5 Å². The molecule has 0 radical (unpaired) electrons. The summed E-state index contributed by atoms with van der Waals surface area (Å²) in [6.45, 7) is 5.03. The second kappa shape index (κ2) is 7.08. The van der Waals surface area contributed by atoms with Gasteiger partial charge < -0.3 is 15.5 Å². The van der Waals surface area contributed by atoms with Gasteiger partial charge in [0.1, 0.15) is 17.8 Å². The number of fused-ring (bicyclic) bond motifs is 2. The van der Waals surface area contributed by atoms with Crippen LogP contribution in [0.5, 0.6) is 5.75 Å². The Balaban J connectivity index is 1.81. The SMILES string of the molecule is CCn1c(CN(C=O)c2nc3cc(C)[nH]c3nc2N)[n+](C)c2ccc(OC)cc21. The number of carbonyl (C=O) groups is 1. The van der Waals surface area contributed by atoms with Crippen molar-refractivity contribution in [2.75, 3.05) is 17.7 Å². The molecule has 0 aliphatic carbocycles. The maximum atomic E-state index is 12.0. The average Bonchev–Trinajstić information content (AvgIpc) is 3.20. The lowest BCUT2D eigenvalue weighted by Crippen LogP contribution is -2.38. The number of nitrogens with one attached hydrogen (secondary N) is 1. The molecule has 0 fully saturated rings. The number of anilines is 2. The zero-order valence-electron chi connectivity index (χ0n) is 16.9. The smallest absolute Gasteiger partial charge is 0.277 e. The second-order valence-corrected chi connectivity index (χ2v) is 6.93. The molecule has 1 aromatic carbocycles. The Morgan fingerprint density at radius 3 is 2.83 bits per heavy atom. The van der Waals surface area contributed by atoms with Crippen molar-refractivity contribution in [2.24, 2.45) is 7.05 Å². The molecule has 150 valence electrons. The summed E-state index contributed by atoms with van der Waals surface area (Å²) >= 11 is 0. The van der Waals surface area contributed by atoms with E-state index in [9.17, 15) is 4.79 Å². The van der Waals surface area contributed by atoms with Crippen LogP contribution in [0, 0.1) is 6.92 Å². The Labute approximate surface area is 167 Å². The zero-order valence-corrected chi connectivity index (χ0v) is 16.9. The largest absolute Gasteiger partial charge is 0.497 e. The van der Waals surface area contributed by atoms with E-state index in [1.54, 1.807) is 7.11 Å². The predicted molar refractivity (Wildman–Crippen MR) is 111 cm³/mol. The molecule has 3 heterocycles. The molecule has 29 heavy (non-hydrogen) atoms. The van der Waals surface area contributed by atoms with Crippen LogP contribution in [0.15, 0.2) is 24.3 Å². The number of nitrogens with zero attached hydrogens (tertiary/aromatic N) is 5. The van der Waals surface area contributed by atoms with Gasteiger partial charge >= 0.3 is 0 Å². The van der Waals surface area contributed by atoms with E-state index in [1.807, 2.05) is 38.2 Å². The summed E-state index contributed by atoms with van der Waals surface area (Å²) in [4.78, 5) is 25.5. The van der Waals surface area contributed by atoms with Gasteiger partial charge in [0.2, 0.25) is 6.41 Å². The molecule has 0 aliphatic rings. The van der Waals surface area contributed by atoms with Gasteiger partial charge in [-0.1, -0.05) is 0 Å². The number of hydrogen-bond acceptors (Lipinski definition) is 5. The number of H-pyrrole nitrogens is 1. The van der Waals surface area contributed by atoms with E-state index in [0.29, 0.717) is 23.5 Å². The number of ether oxygens (including phenoxy) is 1. The molecule has 0 bridgehead atoms. The summed E-state index contributed by atoms with van der Waals surface area (Å²) in [6, 6.07) is 7.81. The molecule has 1 amide bonds. The number of rotatable bonds is 6. The normalized spacial score (nSPS) is 11.3. The Hall–Kier alpha value is -3.62. The van der Waals surface area contributed by atoms with Crippen molar-refractivity contribution in [1.82, 2.24) is 19.5 Å². The number of methoxy groups -OCH3 is 1. The average molecular weight is 394 g/mol. The number of nitrogen functional groups attached to an aromatic ring is 1. The summed E-state index contributed by atoms with van der Waals surface area (Å²) in [7, 11) is 3.63. The fourth-order valence-corrected chi connectivity index (χ4v) is 3.73. The van der Waals surface area contributed by atoms with Gasteiger partial charge in [-0.2, -0.15) is 0 Å². The molecule has 0 aliphatic heterocycles. The van der Waals surface area contributed by atoms with Gasteiger partial charge in [-0.25, -0.2) is 19.1 Å². The molecule has 0 spiro atoms. The summed E-state index contributed by atoms with van der Waals surface area (Å²) < 4.78 is 9.59. The quantitative estimate of drug-likeness (QED) is 0.383.